The van der Waals surface area contributed by atoms with E-state index in [2.05, 4.69) is 39.5 Å². The van der Waals surface area contributed by atoms with Crippen LogP contribution in [-0.4, -0.2) is 77.7 Å². The lowest BCUT2D eigenvalue weighted by atomic mass is 10.0. The Bertz CT molecular complexity index is 719. The molecule has 1 atom stereocenters. The maximum atomic E-state index is 12.4. The van der Waals surface area contributed by atoms with E-state index in [1.807, 2.05) is 4.57 Å². The van der Waals surface area contributed by atoms with E-state index in [1.165, 1.54) is 0 Å². The van der Waals surface area contributed by atoms with Crippen LogP contribution in [0, 0.1) is 5.92 Å². The van der Waals surface area contributed by atoms with E-state index in [4.69, 9.17) is 4.74 Å². The Labute approximate surface area is 173 Å². The molecule has 1 saturated heterocycles. The Morgan fingerprint density at radius 2 is 2.00 bits per heavy atom. The van der Waals surface area contributed by atoms with Crippen LogP contribution < -0.4 is 16.3 Å². The lowest BCUT2D eigenvalue weighted by Gasteiger charge is -2.37. The standard InChI is InChI=1S/C20H37N7O2/c1-16(2)17(25-11-13-29-14-12-25)15-23-19(21-3)22-8-6-10-27-20(28)26-9-5-4-7-18(26)24-27/h16-17H,4-15H2,1-3H3,(H2,21,22,23). The highest BCUT2D eigenvalue weighted by atomic mass is 16.5. The first-order chi connectivity index (χ1) is 14.1. The van der Waals surface area contributed by atoms with Crippen LogP contribution >= 0.6 is 0 Å². The summed E-state index contributed by atoms with van der Waals surface area (Å²) in [6, 6.07) is 0.452. The van der Waals surface area contributed by atoms with E-state index in [0.29, 0.717) is 18.5 Å². The molecule has 0 radical (unpaired) electrons. The first-order valence-electron chi connectivity index (χ1n) is 11.0. The molecular formula is C20H37N7O2. The van der Waals surface area contributed by atoms with Gasteiger partial charge in [0.05, 0.1) is 13.2 Å². The highest BCUT2D eigenvalue weighted by Gasteiger charge is 2.24. The normalized spacial score (nSPS) is 19.2. The Morgan fingerprint density at radius 3 is 2.69 bits per heavy atom. The van der Waals surface area contributed by atoms with Gasteiger partial charge < -0.3 is 15.4 Å². The van der Waals surface area contributed by atoms with E-state index in [1.54, 1.807) is 11.7 Å². The van der Waals surface area contributed by atoms with Crippen molar-refractivity contribution in [1.82, 2.24) is 29.9 Å². The molecule has 9 heteroatoms. The Kier molecular flexibility index (Phi) is 8.11. The molecular weight excluding hydrogens is 370 g/mol. The number of guanidine groups is 1. The van der Waals surface area contributed by atoms with E-state index in [-0.39, 0.29) is 5.69 Å². The predicted octanol–water partition coefficient (Wildman–Crippen LogP) is 0.293. The van der Waals surface area contributed by atoms with Gasteiger partial charge in [-0.25, -0.2) is 9.48 Å². The van der Waals surface area contributed by atoms with Crippen molar-refractivity contribution in [3.05, 3.63) is 16.3 Å². The van der Waals surface area contributed by atoms with Crippen molar-refractivity contribution in [1.29, 1.82) is 0 Å². The number of aliphatic imine (C=N–C) groups is 1. The number of fused-ring (bicyclic) bond motifs is 1. The number of hydrogen-bond acceptors (Lipinski definition) is 5. The first kappa shape index (κ1) is 21.8. The minimum atomic E-state index is 0.0347. The van der Waals surface area contributed by atoms with Crippen LogP contribution in [0.4, 0.5) is 0 Å². The van der Waals surface area contributed by atoms with Crippen molar-refractivity contribution < 1.29 is 4.74 Å². The fraction of sp³-hybridized carbons (Fsp3) is 0.850. The molecule has 29 heavy (non-hydrogen) atoms. The monoisotopic (exact) mass is 407 g/mol. The third-order valence-corrected chi connectivity index (χ3v) is 5.86. The molecule has 0 aromatic carbocycles. The van der Waals surface area contributed by atoms with E-state index < -0.39 is 0 Å². The van der Waals surface area contributed by atoms with Gasteiger partial charge in [0, 0.05) is 58.8 Å². The summed E-state index contributed by atoms with van der Waals surface area (Å²) in [5.41, 5.74) is 0.0347. The molecule has 0 spiro atoms. The van der Waals surface area contributed by atoms with E-state index >= 15 is 0 Å². The molecule has 0 bridgehead atoms. The van der Waals surface area contributed by atoms with Crippen LogP contribution in [-0.2, 0) is 24.2 Å². The largest absolute Gasteiger partial charge is 0.379 e. The summed E-state index contributed by atoms with van der Waals surface area (Å²) in [4.78, 5) is 19.2. The second-order valence-electron chi connectivity index (χ2n) is 8.22. The highest BCUT2D eigenvalue weighted by Crippen LogP contribution is 2.12. The molecule has 0 saturated carbocycles. The van der Waals surface area contributed by atoms with Crippen LogP contribution in [0.25, 0.3) is 0 Å². The van der Waals surface area contributed by atoms with Gasteiger partial charge in [0.2, 0.25) is 0 Å². The number of nitrogens with one attached hydrogen (secondary N) is 2. The average molecular weight is 408 g/mol. The Balaban J connectivity index is 1.42. The number of nitrogens with zero attached hydrogens (tertiary/aromatic N) is 5. The summed E-state index contributed by atoms with van der Waals surface area (Å²) in [6.07, 6.45) is 3.94. The molecule has 0 amide bonds. The van der Waals surface area contributed by atoms with Crippen molar-refractivity contribution >= 4 is 5.96 Å². The van der Waals surface area contributed by atoms with Crippen molar-refractivity contribution in [2.45, 2.75) is 58.7 Å². The molecule has 3 rings (SSSR count). The van der Waals surface area contributed by atoms with Gasteiger partial charge >= 0.3 is 5.69 Å². The van der Waals surface area contributed by atoms with Gasteiger partial charge in [0.25, 0.3) is 0 Å². The topological polar surface area (TPSA) is 88.7 Å². The van der Waals surface area contributed by atoms with Gasteiger partial charge in [0.15, 0.2) is 5.96 Å². The van der Waals surface area contributed by atoms with Crippen LogP contribution in [0.1, 0.15) is 38.9 Å². The number of rotatable bonds is 8. The van der Waals surface area contributed by atoms with E-state index in [0.717, 1.165) is 83.4 Å². The molecule has 1 fully saturated rings. The van der Waals surface area contributed by atoms with Crippen LogP contribution in [0.15, 0.2) is 9.79 Å². The maximum absolute atomic E-state index is 12.4. The first-order valence-corrected chi connectivity index (χ1v) is 11.0. The van der Waals surface area contributed by atoms with Crippen LogP contribution in [0.5, 0.6) is 0 Å². The molecule has 2 aliphatic rings. The second-order valence-corrected chi connectivity index (χ2v) is 8.22. The number of morpholine rings is 1. The molecule has 2 aliphatic heterocycles. The second kappa shape index (κ2) is 10.8. The van der Waals surface area contributed by atoms with Crippen LogP contribution in [0.2, 0.25) is 0 Å². The fourth-order valence-corrected chi connectivity index (χ4v) is 4.15. The zero-order chi connectivity index (χ0) is 20.6. The minimum Gasteiger partial charge on any atom is -0.379 e. The zero-order valence-corrected chi connectivity index (χ0v) is 18.2. The number of aromatic nitrogens is 3. The zero-order valence-electron chi connectivity index (χ0n) is 18.2. The Morgan fingerprint density at radius 1 is 1.21 bits per heavy atom. The molecule has 1 aromatic heterocycles. The van der Waals surface area contributed by atoms with Gasteiger partial charge in [-0.05, 0) is 25.2 Å². The molecule has 0 aliphatic carbocycles. The molecule has 2 N–H and O–H groups in total. The van der Waals surface area contributed by atoms with Crippen molar-refractivity contribution in [2.24, 2.45) is 10.9 Å². The van der Waals surface area contributed by atoms with E-state index in [9.17, 15) is 4.79 Å². The number of ether oxygens (including phenoxy) is 1. The number of hydrogen-bond donors (Lipinski definition) is 2. The van der Waals surface area contributed by atoms with Gasteiger partial charge in [-0.2, -0.15) is 5.10 Å². The number of aryl methyl sites for hydroxylation is 2. The van der Waals surface area contributed by atoms with Gasteiger partial charge in [-0.3, -0.25) is 14.5 Å². The fourth-order valence-electron chi connectivity index (χ4n) is 4.15. The molecule has 1 aromatic rings. The highest BCUT2D eigenvalue weighted by molar-refractivity contribution is 5.79. The SMILES string of the molecule is CN=C(NCCCn1nc2n(c1=O)CCCC2)NCC(C(C)C)N1CCOCC1. The third-order valence-electron chi connectivity index (χ3n) is 5.86. The predicted molar refractivity (Wildman–Crippen MR) is 114 cm³/mol. The lowest BCUT2D eigenvalue weighted by molar-refractivity contribution is 0.00752. The summed E-state index contributed by atoms with van der Waals surface area (Å²) in [6.45, 7) is 11.2. The van der Waals surface area contributed by atoms with Gasteiger partial charge in [-0.15, -0.1) is 0 Å². The summed E-state index contributed by atoms with van der Waals surface area (Å²) in [5, 5.41) is 11.3. The summed E-state index contributed by atoms with van der Waals surface area (Å²) < 4.78 is 8.93. The quantitative estimate of drug-likeness (QED) is 0.366. The van der Waals surface area contributed by atoms with Crippen LogP contribution in [0.3, 0.4) is 0 Å². The van der Waals surface area contributed by atoms with Crippen molar-refractivity contribution in [3.63, 3.8) is 0 Å². The molecule has 1 unspecified atom stereocenters. The summed E-state index contributed by atoms with van der Waals surface area (Å²) >= 11 is 0. The summed E-state index contributed by atoms with van der Waals surface area (Å²) in [7, 11) is 1.79. The summed E-state index contributed by atoms with van der Waals surface area (Å²) in [5.74, 6) is 2.30. The smallest absolute Gasteiger partial charge is 0.345 e. The third kappa shape index (κ3) is 5.82. The van der Waals surface area contributed by atoms with Crippen molar-refractivity contribution in [3.8, 4) is 0 Å². The molecule has 3 heterocycles. The average Bonchev–Trinajstić information content (AvgIpc) is 3.06. The van der Waals surface area contributed by atoms with Crippen molar-refractivity contribution in [2.75, 3.05) is 46.4 Å². The van der Waals surface area contributed by atoms with Gasteiger partial charge in [-0.1, -0.05) is 13.8 Å². The molecule has 9 nitrogen and oxygen atoms in total. The minimum absolute atomic E-state index is 0.0347. The lowest BCUT2D eigenvalue weighted by Crippen LogP contribution is -2.52. The molecule has 164 valence electrons. The Hall–Kier alpha value is -1.87. The maximum Gasteiger partial charge on any atom is 0.345 e. The van der Waals surface area contributed by atoms with Gasteiger partial charge in [0.1, 0.15) is 5.82 Å².